The van der Waals surface area contributed by atoms with Gasteiger partial charge in [-0.15, -0.1) is 0 Å². The molecule has 0 aromatic heterocycles. The van der Waals surface area contributed by atoms with E-state index in [-0.39, 0.29) is 22.3 Å². The van der Waals surface area contributed by atoms with Gasteiger partial charge < -0.3 is 13.4 Å². The average Bonchev–Trinajstić information content (AvgIpc) is 2.90. The lowest BCUT2D eigenvalue weighted by Crippen LogP contribution is -2.36. The highest BCUT2D eigenvalue weighted by molar-refractivity contribution is 7.78. The first-order chi connectivity index (χ1) is 17.8. The molecular formula is C32H51O3PSi2. The molecule has 38 heavy (non-hydrogen) atoms. The number of hydrogen-bond acceptors (Lipinski definition) is 3. The molecule has 2 aromatic carbocycles. The van der Waals surface area contributed by atoms with Crippen molar-refractivity contribution in [3.05, 3.63) is 72.3 Å². The first kappa shape index (κ1) is 31.3. The van der Waals surface area contributed by atoms with Crippen LogP contribution in [-0.4, -0.2) is 37.9 Å². The third kappa shape index (κ3) is 8.38. The van der Waals surface area contributed by atoms with Crippen molar-refractivity contribution < 1.29 is 13.4 Å². The Morgan fingerprint density at radius 1 is 0.789 bits per heavy atom. The molecular weight excluding hydrogens is 519 g/mol. The summed E-state index contributed by atoms with van der Waals surface area (Å²) in [6.07, 6.45) is 6.06. The van der Waals surface area contributed by atoms with Gasteiger partial charge >= 0.3 is 0 Å². The van der Waals surface area contributed by atoms with Crippen molar-refractivity contribution in [3.63, 3.8) is 0 Å². The Labute approximate surface area is 237 Å². The number of benzene rings is 2. The highest BCUT2D eigenvalue weighted by Crippen LogP contribution is 2.44. The first-order valence-corrected chi connectivity index (χ1v) is 18.9. The van der Waals surface area contributed by atoms with E-state index >= 15 is 0 Å². The molecule has 0 bridgehead atoms. The molecule has 3 rings (SSSR count). The summed E-state index contributed by atoms with van der Waals surface area (Å²) in [5.74, 6) is 1.23. The summed E-state index contributed by atoms with van der Waals surface area (Å²) in [5.41, 5.74) is 1.35. The van der Waals surface area contributed by atoms with Gasteiger partial charge in [-0.3, -0.25) is 0 Å². The molecule has 0 amide bonds. The molecule has 1 aliphatic carbocycles. The minimum absolute atomic E-state index is 0.202. The van der Waals surface area contributed by atoms with E-state index in [0.29, 0.717) is 18.0 Å². The molecule has 0 heterocycles. The minimum atomic E-state index is -2.78. The van der Waals surface area contributed by atoms with E-state index in [2.05, 4.69) is 61.5 Å². The molecule has 1 saturated carbocycles. The van der Waals surface area contributed by atoms with Crippen molar-refractivity contribution in [1.82, 2.24) is 0 Å². The number of allylic oxidation sites excluding steroid dienone is 1. The monoisotopic (exact) mass is 570 g/mol. The minimum Gasteiger partial charge on any atom is -0.420 e. The molecule has 0 unspecified atom stereocenters. The smallest absolute Gasteiger partial charge is 0.167 e. The molecule has 1 aliphatic rings. The van der Waals surface area contributed by atoms with Gasteiger partial charge in [0.1, 0.15) is 7.14 Å². The zero-order valence-electron chi connectivity index (χ0n) is 25.1. The van der Waals surface area contributed by atoms with E-state index in [9.17, 15) is 4.57 Å². The van der Waals surface area contributed by atoms with Crippen LogP contribution in [-0.2, 0) is 13.4 Å². The number of hydrogen-bond donors (Lipinski definition) is 0. The molecule has 210 valence electrons. The van der Waals surface area contributed by atoms with E-state index in [1.54, 1.807) is 0 Å². The van der Waals surface area contributed by atoms with E-state index in [0.717, 1.165) is 29.9 Å². The van der Waals surface area contributed by atoms with Crippen LogP contribution >= 0.6 is 7.14 Å². The van der Waals surface area contributed by atoms with E-state index in [1.165, 1.54) is 5.57 Å². The Kier molecular flexibility index (Phi) is 11.0. The molecule has 0 saturated heterocycles. The fourth-order valence-corrected chi connectivity index (χ4v) is 9.55. The summed E-state index contributed by atoms with van der Waals surface area (Å²) >= 11 is 0. The molecule has 6 heteroatoms. The van der Waals surface area contributed by atoms with Crippen molar-refractivity contribution in [2.75, 3.05) is 6.16 Å². The van der Waals surface area contributed by atoms with Gasteiger partial charge in [-0.05, 0) is 41.2 Å². The summed E-state index contributed by atoms with van der Waals surface area (Å²) in [4.78, 5) is 0. The van der Waals surface area contributed by atoms with Crippen molar-refractivity contribution in [2.45, 2.75) is 96.9 Å². The van der Waals surface area contributed by atoms with E-state index in [1.807, 2.05) is 60.7 Å². The molecule has 0 aliphatic heterocycles. The topological polar surface area (TPSA) is 35.5 Å². The Morgan fingerprint density at radius 3 is 1.55 bits per heavy atom. The van der Waals surface area contributed by atoms with E-state index < -0.39 is 26.7 Å². The third-order valence-electron chi connectivity index (χ3n) is 9.00. The highest BCUT2D eigenvalue weighted by atomic mass is 31.2. The van der Waals surface area contributed by atoms with Gasteiger partial charge in [0.2, 0.25) is 0 Å². The number of rotatable bonds is 12. The van der Waals surface area contributed by atoms with Gasteiger partial charge in [0.15, 0.2) is 19.5 Å². The summed E-state index contributed by atoms with van der Waals surface area (Å²) in [5, 5.41) is 2.39. The molecule has 1 fully saturated rings. The van der Waals surface area contributed by atoms with Gasteiger partial charge in [0.05, 0.1) is 12.2 Å². The first-order valence-electron chi connectivity index (χ1n) is 14.4. The van der Waals surface area contributed by atoms with Crippen molar-refractivity contribution in [1.29, 1.82) is 0 Å². The predicted molar refractivity (Wildman–Crippen MR) is 171 cm³/mol. The van der Waals surface area contributed by atoms with Gasteiger partial charge in [-0.25, -0.2) is 0 Å². The normalized spacial score (nSPS) is 19.9. The molecule has 0 spiro atoms. The standard InChI is InChI=1S/C32H51O3PSi2/c1-24(2)31(5,6)37-34-27-21-26(22-28(23-27)35-38-32(7,8)25(3)4)19-20-36(33,29-15-11-9-12-16-29)30-17-13-10-14-18-30/h9-19,24-25,27-28H,20-23,37-38H2,1-8H3/t27-,28-/m1/s1. The maximum absolute atomic E-state index is 14.6. The molecule has 2 atom stereocenters. The van der Waals surface area contributed by atoms with Crippen LogP contribution in [0.5, 0.6) is 0 Å². The Morgan fingerprint density at radius 2 is 1.18 bits per heavy atom. The fraction of sp³-hybridized carbons (Fsp3) is 0.562. The van der Waals surface area contributed by atoms with Crippen LogP contribution in [0.3, 0.4) is 0 Å². The van der Waals surface area contributed by atoms with E-state index in [4.69, 9.17) is 8.85 Å². The molecule has 3 nitrogen and oxygen atoms in total. The fourth-order valence-electron chi connectivity index (χ4n) is 4.50. The maximum Gasteiger partial charge on any atom is 0.167 e. The Hall–Kier alpha value is -1.24. The Bertz CT molecular complexity index is 1000. The quantitative estimate of drug-likeness (QED) is 0.161. The average molecular weight is 571 g/mol. The molecule has 0 radical (unpaired) electrons. The summed E-state index contributed by atoms with van der Waals surface area (Å²) < 4.78 is 28.0. The van der Waals surface area contributed by atoms with Crippen molar-refractivity contribution in [3.8, 4) is 0 Å². The largest absolute Gasteiger partial charge is 0.420 e. The maximum atomic E-state index is 14.6. The summed E-state index contributed by atoms with van der Waals surface area (Å²) in [6, 6.07) is 20.0. The van der Waals surface area contributed by atoms with Crippen molar-refractivity contribution >= 4 is 37.3 Å². The second-order valence-corrected chi connectivity index (χ2v) is 21.0. The third-order valence-corrected chi connectivity index (χ3v) is 16.4. The second-order valence-electron chi connectivity index (χ2n) is 13.3. The lowest BCUT2D eigenvalue weighted by Gasteiger charge is -2.37. The van der Waals surface area contributed by atoms with Crippen LogP contribution in [0.25, 0.3) is 0 Å². The Balaban J connectivity index is 1.84. The lowest BCUT2D eigenvalue weighted by atomic mass is 9.90. The lowest BCUT2D eigenvalue weighted by molar-refractivity contribution is 0.0864. The van der Waals surface area contributed by atoms with Crippen molar-refractivity contribution in [2.24, 2.45) is 11.8 Å². The van der Waals surface area contributed by atoms with Gasteiger partial charge in [0, 0.05) is 16.8 Å². The highest BCUT2D eigenvalue weighted by Gasteiger charge is 2.33. The SMILES string of the molecule is CC(C)C(C)(C)[SiH2]O[C@@H]1CC(=CCP(=O)(c2ccccc2)c2ccccc2)C[C@@H](O[SiH2]C(C)(C)C(C)C)C1. The zero-order chi connectivity index (χ0) is 28.0. The van der Waals surface area contributed by atoms with Crippen LogP contribution < -0.4 is 10.6 Å². The predicted octanol–water partition coefficient (Wildman–Crippen LogP) is 6.76. The van der Waals surface area contributed by atoms with Crippen LogP contribution in [0, 0.1) is 11.8 Å². The van der Waals surface area contributed by atoms with Crippen LogP contribution in [0.1, 0.15) is 74.7 Å². The summed E-state index contributed by atoms with van der Waals surface area (Å²) in [7, 11) is -4.19. The van der Waals surface area contributed by atoms with Crippen LogP contribution in [0.4, 0.5) is 0 Å². The summed E-state index contributed by atoms with van der Waals surface area (Å²) in [6.45, 7) is 18.6. The molecule has 2 aromatic rings. The molecule has 0 N–H and O–H groups in total. The van der Waals surface area contributed by atoms with Crippen LogP contribution in [0.15, 0.2) is 72.3 Å². The van der Waals surface area contributed by atoms with Gasteiger partial charge in [0.25, 0.3) is 0 Å². The van der Waals surface area contributed by atoms with Crippen LogP contribution in [0.2, 0.25) is 10.1 Å². The zero-order valence-corrected chi connectivity index (χ0v) is 28.8. The van der Waals surface area contributed by atoms with Gasteiger partial charge in [-0.1, -0.05) is 128 Å². The second kappa shape index (κ2) is 13.4. The van der Waals surface area contributed by atoms with Gasteiger partial charge in [-0.2, -0.15) is 0 Å².